The Bertz CT molecular complexity index is 532. The van der Waals surface area contributed by atoms with Gasteiger partial charge in [-0.05, 0) is 6.42 Å². The molecule has 0 radical (unpaired) electrons. The number of aromatic nitrogens is 3. The summed E-state index contributed by atoms with van der Waals surface area (Å²) in [7, 11) is 1.59. The molecule has 6 heteroatoms. The fourth-order valence-corrected chi connectivity index (χ4v) is 2.24. The number of nitrogens with zero attached hydrogens (tertiary/aromatic N) is 2. The zero-order valence-corrected chi connectivity index (χ0v) is 10.3. The topological polar surface area (TPSA) is 72.1 Å². The summed E-state index contributed by atoms with van der Waals surface area (Å²) in [5, 5.41) is 3.46. The van der Waals surface area contributed by atoms with Crippen LogP contribution in [-0.4, -0.2) is 41.8 Å². The maximum atomic E-state index is 5.44. The Balaban J connectivity index is 1.96. The van der Waals surface area contributed by atoms with Crippen LogP contribution in [0.4, 0.5) is 0 Å². The third-order valence-corrected chi connectivity index (χ3v) is 3.16. The van der Waals surface area contributed by atoms with E-state index in [1.807, 2.05) is 6.20 Å². The Morgan fingerprint density at radius 1 is 1.44 bits per heavy atom. The van der Waals surface area contributed by atoms with Gasteiger partial charge in [0.2, 0.25) is 5.88 Å². The van der Waals surface area contributed by atoms with Crippen LogP contribution in [0.1, 0.15) is 18.0 Å². The van der Waals surface area contributed by atoms with Gasteiger partial charge in [0.25, 0.3) is 0 Å². The molecule has 0 aliphatic carbocycles. The monoisotopic (exact) mass is 248 g/mol. The van der Waals surface area contributed by atoms with Crippen molar-refractivity contribution in [2.24, 2.45) is 0 Å². The molecule has 1 atom stereocenters. The lowest BCUT2D eigenvalue weighted by atomic mass is 10.1. The number of fused-ring (bicyclic) bond motifs is 1. The van der Waals surface area contributed by atoms with Crippen LogP contribution in [0.25, 0.3) is 11.2 Å². The fraction of sp³-hybridized carbons (Fsp3) is 0.500. The van der Waals surface area contributed by atoms with Crippen molar-refractivity contribution < 1.29 is 9.47 Å². The molecular formula is C12H16N4O2. The lowest BCUT2D eigenvalue weighted by Gasteiger charge is -2.13. The largest absolute Gasteiger partial charge is 0.480 e. The van der Waals surface area contributed by atoms with Gasteiger partial charge in [-0.2, -0.15) is 4.98 Å². The summed E-state index contributed by atoms with van der Waals surface area (Å²) in [6, 6.07) is 0.268. The molecule has 3 heterocycles. The maximum absolute atomic E-state index is 5.44. The molecule has 0 amide bonds. The Kier molecular flexibility index (Phi) is 3.12. The van der Waals surface area contributed by atoms with E-state index >= 15 is 0 Å². The van der Waals surface area contributed by atoms with Crippen molar-refractivity contribution in [2.45, 2.75) is 12.5 Å². The van der Waals surface area contributed by atoms with E-state index in [9.17, 15) is 0 Å². The van der Waals surface area contributed by atoms with Gasteiger partial charge in [0.05, 0.1) is 19.9 Å². The van der Waals surface area contributed by atoms with Crippen molar-refractivity contribution in [3.8, 4) is 5.88 Å². The van der Waals surface area contributed by atoms with E-state index in [4.69, 9.17) is 9.47 Å². The molecule has 1 fully saturated rings. The Morgan fingerprint density at radius 3 is 3.28 bits per heavy atom. The van der Waals surface area contributed by atoms with Crippen molar-refractivity contribution in [3.05, 3.63) is 18.0 Å². The normalized spacial score (nSPS) is 20.8. The van der Waals surface area contributed by atoms with Crippen LogP contribution in [0.5, 0.6) is 5.88 Å². The highest BCUT2D eigenvalue weighted by Gasteiger charge is 2.19. The molecule has 1 saturated heterocycles. The molecule has 0 spiro atoms. The number of ether oxygens (including phenoxy) is 2. The SMILES string of the molecule is COc1cnc2c(C3CCOCCN3)c[nH]c2n1. The predicted molar refractivity (Wildman–Crippen MR) is 66.6 cm³/mol. The van der Waals surface area contributed by atoms with Gasteiger partial charge < -0.3 is 19.8 Å². The van der Waals surface area contributed by atoms with Crippen LogP contribution in [0.2, 0.25) is 0 Å². The molecule has 2 N–H and O–H groups in total. The number of aromatic amines is 1. The minimum atomic E-state index is 0.268. The van der Waals surface area contributed by atoms with Crippen molar-refractivity contribution in [2.75, 3.05) is 26.9 Å². The van der Waals surface area contributed by atoms with E-state index < -0.39 is 0 Å². The van der Waals surface area contributed by atoms with E-state index in [1.54, 1.807) is 13.3 Å². The zero-order valence-electron chi connectivity index (χ0n) is 10.3. The first kappa shape index (κ1) is 11.4. The quantitative estimate of drug-likeness (QED) is 0.830. The van der Waals surface area contributed by atoms with Gasteiger partial charge in [-0.25, -0.2) is 4.98 Å². The van der Waals surface area contributed by atoms with Crippen LogP contribution < -0.4 is 10.1 Å². The number of hydrogen-bond donors (Lipinski definition) is 2. The lowest BCUT2D eigenvalue weighted by Crippen LogP contribution is -2.21. The summed E-state index contributed by atoms with van der Waals surface area (Å²) in [5.41, 5.74) is 2.80. The Labute approximate surface area is 105 Å². The van der Waals surface area contributed by atoms with E-state index in [0.717, 1.165) is 42.9 Å². The molecule has 3 rings (SSSR count). The summed E-state index contributed by atoms with van der Waals surface area (Å²) < 4.78 is 10.5. The number of hydrogen-bond acceptors (Lipinski definition) is 5. The zero-order chi connectivity index (χ0) is 12.4. The van der Waals surface area contributed by atoms with Gasteiger partial charge in [-0.3, -0.25) is 0 Å². The number of nitrogens with one attached hydrogen (secondary N) is 2. The molecule has 0 bridgehead atoms. The molecule has 6 nitrogen and oxygen atoms in total. The second kappa shape index (κ2) is 4.91. The fourth-order valence-electron chi connectivity index (χ4n) is 2.24. The van der Waals surface area contributed by atoms with Crippen LogP contribution in [0.15, 0.2) is 12.4 Å². The van der Waals surface area contributed by atoms with Gasteiger partial charge in [-0.1, -0.05) is 0 Å². The van der Waals surface area contributed by atoms with Crippen LogP contribution in [0.3, 0.4) is 0 Å². The first-order valence-corrected chi connectivity index (χ1v) is 6.07. The summed E-state index contributed by atoms with van der Waals surface area (Å²) in [6.45, 7) is 2.40. The minimum Gasteiger partial charge on any atom is -0.480 e. The Hall–Kier alpha value is -1.66. The lowest BCUT2D eigenvalue weighted by molar-refractivity contribution is 0.150. The smallest absolute Gasteiger partial charge is 0.234 e. The molecule has 1 unspecified atom stereocenters. The van der Waals surface area contributed by atoms with Gasteiger partial charge in [0.15, 0.2) is 5.65 Å². The summed E-state index contributed by atoms with van der Waals surface area (Å²) >= 11 is 0. The molecule has 0 aromatic carbocycles. The van der Waals surface area contributed by atoms with Crippen molar-refractivity contribution >= 4 is 11.2 Å². The summed E-state index contributed by atoms with van der Waals surface area (Å²) in [4.78, 5) is 11.9. The minimum absolute atomic E-state index is 0.268. The molecule has 18 heavy (non-hydrogen) atoms. The third-order valence-electron chi connectivity index (χ3n) is 3.16. The first-order chi connectivity index (χ1) is 8.88. The second-order valence-corrected chi connectivity index (χ2v) is 4.26. The van der Waals surface area contributed by atoms with E-state index in [0.29, 0.717) is 5.88 Å². The summed E-state index contributed by atoms with van der Waals surface area (Å²) in [6.07, 6.45) is 4.56. The van der Waals surface area contributed by atoms with Gasteiger partial charge in [0, 0.05) is 31.0 Å². The number of H-pyrrole nitrogens is 1. The van der Waals surface area contributed by atoms with Gasteiger partial charge in [-0.15, -0.1) is 0 Å². The molecule has 0 saturated carbocycles. The number of methoxy groups -OCH3 is 1. The van der Waals surface area contributed by atoms with Crippen molar-refractivity contribution in [3.63, 3.8) is 0 Å². The number of rotatable bonds is 2. The molecular weight excluding hydrogens is 232 g/mol. The van der Waals surface area contributed by atoms with Crippen LogP contribution in [-0.2, 0) is 4.74 Å². The van der Waals surface area contributed by atoms with E-state index in [-0.39, 0.29) is 6.04 Å². The van der Waals surface area contributed by atoms with Crippen LogP contribution in [0, 0.1) is 0 Å². The molecule has 1 aliphatic heterocycles. The van der Waals surface area contributed by atoms with E-state index in [1.165, 1.54) is 0 Å². The first-order valence-electron chi connectivity index (χ1n) is 6.07. The molecule has 2 aromatic rings. The highest BCUT2D eigenvalue weighted by atomic mass is 16.5. The third kappa shape index (κ3) is 2.04. The predicted octanol–water partition coefficient (Wildman–Crippen LogP) is 1.02. The average molecular weight is 248 g/mol. The second-order valence-electron chi connectivity index (χ2n) is 4.26. The highest BCUT2D eigenvalue weighted by molar-refractivity contribution is 5.75. The van der Waals surface area contributed by atoms with Crippen LogP contribution >= 0.6 is 0 Å². The highest BCUT2D eigenvalue weighted by Crippen LogP contribution is 2.25. The average Bonchev–Trinajstić information content (AvgIpc) is 2.64. The Morgan fingerprint density at radius 2 is 2.39 bits per heavy atom. The van der Waals surface area contributed by atoms with Crippen molar-refractivity contribution in [1.82, 2.24) is 20.3 Å². The van der Waals surface area contributed by atoms with E-state index in [2.05, 4.69) is 20.3 Å². The molecule has 96 valence electrons. The summed E-state index contributed by atoms with van der Waals surface area (Å²) in [5.74, 6) is 0.521. The molecule has 1 aliphatic rings. The van der Waals surface area contributed by atoms with Crippen molar-refractivity contribution in [1.29, 1.82) is 0 Å². The molecule has 2 aromatic heterocycles. The van der Waals surface area contributed by atoms with Gasteiger partial charge in [0.1, 0.15) is 5.52 Å². The maximum Gasteiger partial charge on any atom is 0.234 e. The van der Waals surface area contributed by atoms with Gasteiger partial charge >= 0.3 is 0 Å². The standard InChI is InChI=1S/C12H16N4O2/c1-17-10-7-14-11-8(6-15-12(11)16-10)9-2-4-18-5-3-13-9/h6-7,9,13H,2-5H2,1H3,(H,15,16).